The summed E-state index contributed by atoms with van der Waals surface area (Å²) in [5.74, 6) is -1.68. The second kappa shape index (κ2) is 4.81. The Bertz CT molecular complexity index is 397. The predicted octanol–water partition coefficient (Wildman–Crippen LogP) is 3.09. The monoisotopic (exact) mass is 296 g/mol. The summed E-state index contributed by atoms with van der Waals surface area (Å²) in [6.07, 6.45) is -1.05. The highest BCUT2D eigenvalue weighted by Crippen LogP contribution is 2.31. The van der Waals surface area contributed by atoms with E-state index in [1.807, 2.05) is 0 Å². The van der Waals surface area contributed by atoms with E-state index < -0.39 is 17.9 Å². The number of hydrogen-bond donors (Lipinski definition) is 1. The summed E-state index contributed by atoms with van der Waals surface area (Å²) < 4.78 is 18.4. The first-order valence-corrected chi connectivity index (χ1v) is 5.13. The molecule has 1 N–H and O–H groups in total. The zero-order chi connectivity index (χ0) is 11.6. The van der Waals surface area contributed by atoms with Crippen LogP contribution in [0, 0.1) is 5.82 Å². The van der Waals surface area contributed by atoms with Crippen molar-refractivity contribution in [3.63, 3.8) is 0 Å². The summed E-state index contributed by atoms with van der Waals surface area (Å²) in [6.45, 7) is 1.35. The summed E-state index contributed by atoms with van der Waals surface area (Å²) in [5.41, 5.74) is 0. The summed E-state index contributed by atoms with van der Waals surface area (Å²) in [7, 11) is 0. The summed E-state index contributed by atoms with van der Waals surface area (Å²) >= 11 is 8.60. The van der Waals surface area contributed by atoms with Gasteiger partial charge >= 0.3 is 5.97 Å². The topological polar surface area (TPSA) is 46.5 Å². The van der Waals surface area contributed by atoms with Crippen molar-refractivity contribution in [1.82, 2.24) is 0 Å². The lowest BCUT2D eigenvalue weighted by Crippen LogP contribution is -2.23. The number of rotatable bonds is 3. The molecule has 1 aromatic carbocycles. The van der Waals surface area contributed by atoms with Gasteiger partial charge < -0.3 is 9.84 Å². The lowest BCUT2D eigenvalue weighted by atomic mass is 10.3. The minimum Gasteiger partial charge on any atom is -0.479 e. The average molecular weight is 298 g/mol. The molecule has 0 aromatic heterocycles. The first-order valence-electron chi connectivity index (χ1n) is 3.96. The number of ether oxygens (including phenoxy) is 1. The van der Waals surface area contributed by atoms with Crippen molar-refractivity contribution in [2.24, 2.45) is 0 Å². The molecule has 0 heterocycles. The van der Waals surface area contributed by atoms with Crippen LogP contribution in [-0.2, 0) is 4.79 Å². The summed E-state index contributed by atoms with van der Waals surface area (Å²) in [5, 5.41) is 8.54. The van der Waals surface area contributed by atoms with Gasteiger partial charge in [-0.2, -0.15) is 0 Å². The molecule has 0 fully saturated rings. The Kier molecular flexibility index (Phi) is 3.93. The van der Waals surface area contributed by atoms with Crippen molar-refractivity contribution >= 4 is 33.5 Å². The van der Waals surface area contributed by atoms with Crippen molar-refractivity contribution < 1.29 is 19.0 Å². The molecular weight excluding hydrogens is 290 g/mol. The van der Waals surface area contributed by atoms with E-state index >= 15 is 0 Å². The molecule has 82 valence electrons. The van der Waals surface area contributed by atoms with E-state index in [0.29, 0.717) is 4.47 Å². The fourth-order valence-electron chi connectivity index (χ4n) is 0.835. The Morgan fingerprint density at radius 2 is 2.27 bits per heavy atom. The predicted molar refractivity (Wildman–Crippen MR) is 56.8 cm³/mol. The van der Waals surface area contributed by atoms with E-state index in [-0.39, 0.29) is 10.8 Å². The van der Waals surface area contributed by atoms with E-state index in [1.165, 1.54) is 13.0 Å². The van der Waals surface area contributed by atoms with E-state index in [1.54, 1.807) is 0 Å². The van der Waals surface area contributed by atoms with Crippen LogP contribution >= 0.6 is 27.5 Å². The van der Waals surface area contributed by atoms with E-state index in [9.17, 15) is 9.18 Å². The van der Waals surface area contributed by atoms with Gasteiger partial charge in [-0.1, -0.05) is 11.6 Å². The van der Waals surface area contributed by atoms with Gasteiger partial charge in [-0.15, -0.1) is 0 Å². The van der Waals surface area contributed by atoms with Crippen LogP contribution in [0.15, 0.2) is 16.6 Å². The Morgan fingerprint density at radius 3 is 2.80 bits per heavy atom. The second-order valence-corrected chi connectivity index (χ2v) is 4.06. The summed E-state index contributed by atoms with van der Waals surface area (Å²) in [6, 6.07) is 2.34. The molecule has 0 bridgehead atoms. The lowest BCUT2D eigenvalue weighted by molar-refractivity contribution is -0.144. The molecule has 6 heteroatoms. The zero-order valence-electron chi connectivity index (χ0n) is 7.63. The molecule has 0 saturated heterocycles. The van der Waals surface area contributed by atoms with Gasteiger partial charge in [-0.3, -0.25) is 0 Å². The highest BCUT2D eigenvalue weighted by Gasteiger charge is 2.15. The van der Waals surface area contributed by atoms with Crippen molar-refractivity contribution in [3.05, 3.63) is 27.4 Å². The van der Waals surface area contributed by atoms with Crippen molar-refractivity contribution in [1.29, 1.82) is 0 Å². The smallest absolute Gasteiger partial charge is 0.344 e. The maximum atomic E-state index is 13.0. The highest BCUT2D eigenvalue weighted by atomic mass is 79.9. The third kappa shape index (κ3) is 3.07. The van der Waals surface area contributed by atoms with Crippen LogP contribution in [-0.4, -0.2) is 17.2 Å². The number of carboxylic acids is 1. The highest BCUT2D eigenvalue weighted by molar-refractivity contribution is 9.10. The average Bonchev–Trinajstić information content (AvgIpc) is 2.13. The summed E-state index contributed by atoms with van der Waals surface area (Å²) in [4.78, 5) is 10.5. The maximum Gasteiger partial charge on any atom is 0.344 e. The minimum atomic E-state index is -1.13. The molecule has 1 atom stereocenters. The van der Waals surface area contributed by atoms with Gasteiger partial charge in [-0.05, 0) is 28.9 Å². The number of aliphatic carboxylic acids is 1. The first kappa shape index (κ1) is 12.3. The van der Waals surface area contributed by atoms with Gasteiger partial charge in [0.25, 0.3) is 0 Å². The van der Waals surface area contributed by atoms with E-state index in [2.05, 4.69) is 15.9 Å². The van der Waals surface area contributed by atoms with Crippen LogP contribution in [0.3, 0.4) is 0 Å². The van der Waals surface area contributed by atoms with Crippen LogP contribution in [0.5, 0.6) is 5.75 Å². The molecule has 0 aliphatic heterocycles. The molecule has 0 saturated carbocycles. The fourth-order valence-corrected chi connectivity index (χ4v) is 1.57. The SMILES string of the molecule is CC(Oc1cc(F)c(Cl)cc1Br)C(=O)O. The van der Waals surface area contributed by atoms with Crippen molar-refractivity contribution in [2.75, 3.05) is 0 Å². The quantitative estimate of drug-likeness (QED) is 0.872. The third-order valence-corrected chi connectivity index (χ3v) is 2.54. The molecule has 0 aliphatic carbocycles. The Hall–Kier alpha value is -0.810. The number of carbonyl (C=O) groups is 1. The maximum absolute atomic E-state index is 13.0. The molecule has 1 unspecified atom stereocenters. The van der Waals surface area contributed by atoms with Crippen LogP contribution in [0.4, 0.5) is 4.39 Å². The van der Waals surface area contributed by atoms with Crippen LogP contribution < -0.4 is 4.74 Å². The zero-order valence-corrected chi connectivity index (χ0v) is 9.97. The largest absolute Gasteiger partial charge is 0.479 e. The normalized spacial score (nSPS) is 12.3. The molecule has 15 heavy (non-hydrogen) atoms. The fraction of sp³-hybridized carbons (Fsp3) is 0.222. The van der Waals surface area contributed by atoms with Crippen molar-refractivity contribution in [2.45, 2.75) is 13.0 Å². The van der Waals surface area contributed by atoms with Gasteiger partial charge in [0.15, 0.2) is 6.10 Å². The Labute approximate surface area is 98.9 Å². The molecular formula is C9H7BrClFO3. The standard InChI is InChI=1S/C9H7BrClFO3/c1-4(9(13)14)15-8-3-7(12)6(11)2-5(8)10/h2-4H,1H3,(H,13,14). The molecule has 1 aromatic rings. The molecule has 0 aliphatic rings. The van der Waals surface area contributed by atoms with E-state index in [0.717, 1.165) is 6.07 Å². The van der Waals surface area contributed by atoms with Gasteiger partial charge in [0.2, 0.25) is 0 Å². The lowest BCUT2D eigenvalue weighted by Gasteiger charge is -2.12. The van der Waals surface area contributed by atoms with Gasteiger partial charge in [0.05, 0.1) is 9.50 Å². The number of halogens is 3. The molecule has 0 radical (unpaired) electrons. The van der Waals surface area contributed by atoms with Crippen LogP contribution in [0.2, 0.25) is 5.02 Å². The van der Waals surface area contributed by atoms with Crippen LogP contribution in [0.25, 0.3) is 0 Å². The first-order chi connectivity index (χ1) is 6.91. The number of hydrogen-bond acceptors (Lipinski definition) is 2. The number of benzene rings is 1. The number of carboxylic acid groups (broad SMARTS) is 1. The second-order valence-electron chi connectivity index (χ2n) is 2.80. The Morgan fingerprint density at radius 1 is 1.67 bits per heavy atom. The molecule has 3 nitrogen and oxygen atoms in total. The minimum absolute atomic E-state index is 0.0581. The molecule has 1 rings (SSSR count). The third-order valence-electron chi connectivity index (χ3n) is 1.63. The van der Waals surface area contributed by atoms with Crippen molar-refractivity contribution in [3.8, 4) is 5.75 Å². The van der Waals surface area contributed by atoms with E-state index in [4.69, 9.17) is 21.4 Å². The van der Waals surface area contributed by atoms with Gasteiger partial charge in [-0.25, -0.2) is 9.18 Å². The van der Waals surface area contributed by atoms with Gasteiger partial charge in [0, 0.05) is 6.07 Å². The van der Waals surface area contributed by atoms with Gasteiger partial charge in [0.1, 0.15) is 11.6 Å². The molecule has 0 spiro atoms. The molecule has 0 amide bonds. The van der Waals surface area contributed by atoms with Crippen LogP contribution in [0.1, 0.15) is 6.92 Å². The Balaban J connectivity index is 2.95.